The average Bonchev–Trinajstić information content (AvgIpc) is 2.15. The quantitative estimate of drug-likeness (QED) is 0.661. The van der Waals surface area contributed by atoms with Gasteiger partial charge in [0.25, 0.3) is 0 Å². The highest BCUT2D eigenvalue weighted by Gasteiger charge is 2.00. The monoisotopic (exact) mass is 274 g/mol. The van der Waals surface area contributed by atoms with Crippen LogP contribution in [0.2, 0.25) is 0 Å². The first-order chi connectivity index (χ1) is 6.70. The van der Waals surface area contributed by atoms with Crippen molar-refractivity contribution in [2.24, 2.45) is 0 Å². The van der Waals surface area contributed by atoms with Crippen LogP contribution in [0, 0.1) is 0 Å². The summed E-state index contributed by atoms with van der Waals surface area (Å²) in [5, 5.41) is 8.45. The molecule has 0 aromatic heterocycles. The third-order valence-electron chi connectivity index (χ3n) is 1.63. The highest BCUT2D eigenvalue weighted by atomic mass is 79.9. The lowest BCUT2D eigenvalue weighted by molar-refractivity contribution is -0.137. The van der Waals surface area contributed by atoms with Crippen LogP contribution in [-0.4, -0.2) is 16.8 Å². The summed E-state index contributed by atoms with van der Waals surface area (Å²) in [6.45, 7) is 0. The van der Waals surface area contributed by atoms with E-state index in [0.717, 1.165) is 15.1 Å². The van der Waals surface area contributed by atoms with Gasteiger partial charge >= 0.3 is 5.97 Å². The van der Waals surface area contributed by atoms with Crippen LogP contribution in [0.25, 0.3) is 0 Å². The van der Waals surface area contributed by atoms with Crippen molar-refractivity contribution in [1.29, 1.82) is 0 Å². The summed E-state index contributed by atoms with van der Waals surface area (Å²) in [5.41, 5.74) is 0. The van der Waals surface area contributed by atoms with E-state index in [1.165, 1.54) is 0 Å². The van der Waals surface area contributed by atoms with Gasteiger partial charge in [-0.15, -0.1) is 11.8 Å². The molecule has 0 saturated heterocycles. The van der Waals surface area contributed by atoms with Crippen molar-refractivity contribution >= 4 is 33.7 Å². The fraction of sp³-hybridized carbons (Fsp3) is 0.300. The molecule has 0 aliphatic rings. The lowest BCUT2D eigenvalue weighted by Crippen LogP contribution is -1.94. The van der Waals surface area contributed by atoms with E-state index < -0.39 is 5.97 Å². The molecule has 0 aliphatic heterocycles. The second-order valence-corrected chi connectivity index (χ2v) is 4.77. The molecule has 1 N–H and O–H groups in total. The van der Waals surface area contributed by atoms with Crippen LogP contribution in [0.15, 0.2) is 33.6 Å². The fourth-order valence-electron chi connectivity index (χ4n) is 0.967. The third-order valence-corrected chi connectivity index (χ3v) is 3.74. The molecule has 76 valence electrons. The number of carboxylic acid groups (broad SMARTS) is 1. The minimum Gasteiger partial charge on any atom is -0.481 e. The Bertz CT molecular complexity index is 315. The van der Waals surface area contributed by atoms with Gasteiger partial charge in [0.15, 0.2) is 0 Å². The van der Waals surface area contributed by atoms with Gasteiger partial charge in [0, 0.05) is 15.8 Å². The predicted molar refractivity (Wildman–Crippen MR) is 61.7 cm³/mol. The van der Waals surface area contributed by atoms with E-state index in [4.69, 9.17) is 5.11 Å². The summed E-state index contributed by atoms with van der Waals surface area (Å²) in [7, 11) is 0. The van der Waals surface area contributed by atoms with Gasteiger partial charge in [-0.3, -0.25) is 4.79 Å². The van der Waals surface area contributed by atoms with Gasteiger partial charge in [0.1, 0.15) is 0 Å². The number of hydrogen-bond acceptors (Lipinski definition) is 2. The van der Waals surface area contributed by atoms with Gasteiger partial charge in [0.05, 0.1) is 0 Å². The molecular formula is C10H11BrO2S. The zero-order chi connectivity index (χ0) is 10.4. The third kappa shape index (κ3) is 4.15. The molecule has 0 unspecified atom stereocenters. The molecule has 4 heteroatoms. The summed E-state index contributed by atoms with van der Waals surface area (Å²) < 4.78 is 1.07. The number of aliphatic carboxylic acids is 1. The Kier molecular flexibility index (Phi) is 5.04. The van der Waals surface area contributed by atoms with E-state index in [1.807, 2.05) is 24.3 Å². The minimum atomic E-state index is -0.724. The average molecular weight is 275 g/mol. The molecule has 0 radical (unpaired) electrons. The van der Waals surface area contributed by atoms with Crippen molar-refractivity contribution in [2.45, 2.75) is 17.7 Å². The predicted octanol–water partition coefficient (Wildman–Crippen LogP) is 3.41. The maximum Gasteiger partial charge on any atom is 0.303 e. The smallest absolute Gasteiger partial charge is 0.303 e. The normalized spacial score (nSPS) is 10.1. The van der Waals surface area contributed by atoms with Crippen LogP contribution in [0.3, 0.4) is 0 Å². The van der Waals surface area contributed by atoms with Gasteiger partial charge in [0.2, 0.25) is 0 Å². The van der Waals surface area contributed by atoms with Crippen LogP contribution in [-0.2, 0) is 4.79 Å². The Labute approximate surface area is 95.8 Å². The van der Waals surface area contributed by atoms with E-state index in [-0.39, 0.29) is 6.42 Å². The summed E-state index contributed by atoms with van der Waals surface area (Å²) in [6, 6.07) is 7.95. The van der Waals surface area contributed by atoms with Crippen molar-refractivity contribution in [3.05, 3.63) is 28.7 Å². The van der Waals surface area contributed by atoms with E-state index in [9.17, 15) is 4.79 Å². The highest BCUT2D eigenvalue weighted by Crippen LogP contribution is 2.27. The Balaban J connectivity index is 2.31. The lowest BCUT2D eigenvalue weighted by atomic mass is 10.3. The Hall–Kier alpha value is -0.480. The summed E-state index contributed by atoms with van der Waals surface area (Å²) >= 11 is 5.12. The Morgan fingerprint density at radius 3 is 2.79 bits per heavy atom. The standard InChI is InChI=1S/C10H11BrO2S/c11-8-4-1-2-5-9(8)14-7-3-6-10(12)13/h1-2,4-5H,3,6-7H2,(H,12,13). The van der Waals surface area contributed by atoms with Crippen LogP contribution in [0.5, 0.6) is 0 Å². The zero-order valence-electron chi connectivity index (χ0n) is 7.57. The second-order valence-electron chi connectivity index (χ2n) is 2.78. The Morgan fingerprint density at radius 1 is 1.43 bits per heavy atom. The van der Waals surface area contributed by atoms with Crippen molar-refractivity contribution in [2.75, 3.05) is 5.75 Å². The van der Waals surface area contributed by atoms with E-state index in [0.29, 0.717) is 6.42 Å². The molecular weight excluding hydrogens is 264 g/mol. The van der Waals surface area contributed by atoms with Crippen molar-refractivity contribution in [3.8, 4) is 0 Å². The topological polar surface area (TPSA) is 37.3 Å². The number of carboxylic acids is 1. The first kappa shape index (κ1) is 11.6. The molecule has 1 aromatic carbocycles. The number of thioether (sulfide) groups is 1. The van der Waals surface area contributed by atoms with Crippen LogP contribution >= 0.6 is 27.7 Å². The molecule has 2 nitrogen and oxygen atoms in total. The molecule has 0 aliphatic carbocycles. The van der Waals surface area contributed by atoms with Gasteiger partial charge in [-0.25, -0.2) is 0 Å². The molecule has 14 heavy (non-hydrogen) atoms. The molecule has 0 bridgehead atoms. The van der Waals surface area contributed by atoms with Gasteiger partial charge in [-0.2, -0.15) is 0 Å². The lowest BCUT2D eigenvalue weighted by Gasteiger charge is -2.02. The molecule has 1 aromatic rings. The molecule has 0 fully saturated rings. The summed E-state index contributed by atoms with van der Waals surface area (Å²) in [4.78, 5) is 11.4. The molecule has 0 atom stereocenters. The number of hydrogen-bond donors (Lipinski definition) is 1. The SMILES string of the molecule is O=C(O)CCCSc1ccccc1Br. The van der Waals surface area contributed by atoms with E-state index in [2.05, 4.69) is 15.9 Å². The molecule has 0 heterocycles. The molecule has 0 amide bonds. The minimum absolute atomic E-state index is 0.247. The first-order valence-electron chi connectivity index (χ1n) is 4.29. The van der Waals surface area contributed by atoms with Crippen molar-refractivity contribution in [1.82, 2.24) is 0 Å². The van der Waals surface area contributed by atoms with Crippen LogP contribution in [0.1, 0.15) is 12.8 Å². The van der Waals surface area contributed by atoms with E-state index in [1.54, 1.807) is 11.8 Å². The maximum absolute atomic E-state index is 10.3. The molecule has 0 spiro atoms. The Morgan fingerprint density at radius 2 is 2.14 bits per heavy atom. The van der Waals surface area contributed by atoms with Crippen LogP contribution in [0.4, 0.5) is 0 Å². The van der Waals surface area contributed by atoms with Crippen molar-refractivity contribution < 1.29 is 9.90 Å². The molecule has 0 saturated carbocycles. The second kappa shape index (κ2) is 6.09. The summed E-state index contributed by atoms with van der Waals surface area (Å²) in [6.07, 6.45) is 0.957. The van der Waals surface area contributed by atoms with E-state index >= 15 is 0 Å². The highest BCUT2D eigenvalue weighted by molar-refractivity contribution is 9.10. The number of rotatable bonds is 5. The van der Waals surface area contributed by atoms with Gasteiger partial charge in [-0.1, -0.05) is 12.1 Å². The van der Waals surface area contributed by atoms with Gasteiger partial charge < -0.3 is 5.11 Å². The fourth-order valence-corrected chi connectivity index (χ4v) is 2.48. The van der Waals surface area contributed by atoms with Crippen LogP contribution < -0.4 is 0 Å². The first-order valence-corrected chi connectivity index (χ1v) is 6.07. The summed E-state index contributed by atoms with van der Waals surface area (Å²) in [5.74, 6) is 0.118. The molecule has 1 rings (SSSR count). The number of carbonyl (C=O) groups is 1. The van der Waals surface area contributed by atoms with Gasteiger partial charge in [-0.05, 0) is 40.2 Å². The van der Waals surface area contributed by atoms with Crippen molar-refractivity contribution in [3.63, 3.8) is 0 Å². The number of benzene rings is 1. The zero-order valence-corrected chi connectivity index (χ0v) is 9.97. The number of halogens is 1. The maximum atomic E-state index is 10.3. The largest absolute Gasteiger partial charge is 0.481 e.